The molecule has 1 heterocycles. The van der Waals surface area contributed by atoms with Gasteiger partial charge in [-0.05, 0) is 18.8 Å². The van der Waals surface area contributed by atoms with Gasteiger partial charge in [-0.1, -0.05) is 6.92 Å². The predicted octanol–water partition coefficient (Wildman–Crippen LogP) is 1.45. The van der Waals surface area contributed by atoms with Crippen molar-refractivity contribution in [3.63, 3.8) is 0 Å². The first-order valence-electron chi connectivity index (χ1n) is 4.87. The second-order valence-electron chi connectivity index (χ2n) is 4.24. The van der Waals surface area contributed by atoms with Crippen molar-refractivity contribution >= 4 is 11.8 Å². The fourth-order valence-corrected chi connectivity index (χ4v) is 2.35. The molecule has 2 aliphatic rings. The highest BCUT2D eigenvalue weighted by Crippen LogP contribution is 2.39. The van der Waals surface area contributed by atoms with Crippen LogP contribution in [0.25, 0.3) is 0 Å². The average Bonchev–Trinajstić information content (AvgIpc) is 2.42. The average molecular weight is 182 g/mol. The molecule has 0 amide bonds. The molecule has 0 aromatic heterocycles. The van der Waals surface area contributed by atoms with E-state index in [0.717, 1.165) is 12.8 Å². The van der Waals surface area contributed by atoms with Gasteiger partial charge >= 0.3 is 5.97 Å². The number of ketones is 1. The third-order valence-electron chi connectivity index (χ3n) is 3.09. The summed E-state index contributed by atoms with van der Waals surface area (Å²) in [6, 6.07) is 0. The third-order valence-corrected chi connectivity index (χ3v) is 3.09. The van der Waals surface area contributed by atoms with Crippen molar-refractivity contribution < 1.29 is 14.3 Å². The number of rotatable bonds is 0. The molecule has 0 unspecified atom stereocenters. The minimum Gasteiger partial charge on any atom is -0.451 e. The van der Waals surface area contributed by atoms with Crippen LogP contribution in [0.3, 0.4) is 0 Å². The molecular formula is C10H14O3. The molecule has 3 heteroatoms. The van der Waals surface area contributed by atoms with Gasteiger partial charge in [0.1, 0.15) is 0 Å². The summed E-state index contributed by atoms with van der Waals surface area (Å²) in [5.41, 5.74) is -0.714. The Bertz CT molecular complexity index is 259. The fourth-order valence-electron chi connectivity index (χ4n) is 2.35. The van der Waals surface area contributed by atoms with Crippen LogP contribution < -0.4 is 0 Å². The van der Waals surface area contributed by atoms with Gasteiger partial charge in [-0.2, -0.15) is 0 Å². The molecule has 3 nitrogen and oxygen atoms in total. The van der Waals surface area contributed by atoms with Gasteiger partial charge in [0.25, 0.3) is 0 Å². The Morgan fingerprint density at radius 2 is 2.15 bits per heavy atom. The van der Waals surface area contributed by atoms with E-state index in [0.29, 0.717) is 25.2 Å². The molecule has 0 N–H and O–H groups in total. The monoisotopic (exact) mass is 182 g/mol. The van der Waals surface area contributed by atoms with Crippen LogP contribution in [0, 0.1) is 5.92 Å². The lowest BCUT2D eigenvalue weighted by atomic mass is 9.76. The molecule has 1 aliphatic carbocycles. The van der Waals surface area contributed by atoms with Crippen molar-refractivity contribution in [2.45, 2.75) is 44.6 Å². The zero-order chi connectivity index (χ0) is 9.47. The topological polar surface area (TPSA) is 43.4 Å². The highest BCUT2D eigenvalue weighted by Gasteiger charge is 2.49. The Kier molecular flexibility index (Phi) is 1.90. The molecule has 1 spiro atoms. The quantitative estimate of drug-likeness (QED) is 0.532. The Labute approximate surface area is 77.4 Å². The maximum absolute atomic E-state index is 11.6. The maximum Gasteiger partial charge on any atom is 0.306 e. The minimum absolute atomic E-state index is 0.136. The van der Waals surface area contributed by atoms with Crippen LogP contribution in [0.1, 0.15) is 39.0 Å². The van der Waals surface area contributed by atoms with Gasteiger partial charge in [-0.15, -0.1) is 0 Å². The first-order valence-corrected chi connectivity index (χ1v) is 4.87. The first-order chi connectivity index (χ1) is 6.12. The van der Waals surface area contributed by atoms with Gasteiger partial charge in [0.15, 0.2) is 11.4 Å². The smallest absolute Gasteiger partial charge is 0.306 e. The van der Waals surface area contributed by atoms with E-state index in [9.17, 15) is 9.59 Å². The molecule has 13 heavy (non-hydrogen) atoms. The normalized spacial score (nSPS) is 39.6. The van der Waals surface area contributed by atoms with Crippen molar-refractivity contribution in [2.24, 2.45) is 5.92 Å². The van der Waals surface area contributed by atoms with E-state index in [1.54, 1.807) is 0 Å². The number of esters is 1. The van der Waals surface area contributed by atoms with E-state index >= 15 is 0 Å². The SMILES string of the molecule is C[C@@H]1CCC(=O)[C@@]2(CCC(=O)O2)C1. The van der Waals surface area contributed by atoms with E-state index in [2.05, 4.69) is 6.92 Å². The Morgan fingerprint density at radius 3 is 2.77 bits per heavy atom. The lowest BCUT2D eigenvalue weighted by molar-refractivity contribution is -0.161. The van der Waals surface area contributed by atoms with Gasteiger partial charge in [-0.3, -0.25) is 9.59 Å². The molecule has 2 fully saturated rings. The van der Waals surface area contributed by atoms with E-state index < -0.39 is 5.60 Å². The van der Waals surface area contributed by atoms with Crippen molar-refractivity contribution in [3.05, 3.63) is 0 Å². The highest BCUT2D eigenvalue weighted by atomic mass is 16.6. The summed E-state index contributed by atoms with van der Waals surface area (Å²) >= 11 is 0. The molecule has 1 saturated heterocycles. The second kappa shape index (κ2) is 2.82. The number of Topliss-reactive ketones (excluding diaryl/α,β-unsaturated/α-hetero) is 1. The Hall–Kier alpha value is -0.860. The maximum atomic E-state index is 11.6. The number of carbonyl (C=O) groups excluding carboxylic acids is 2. The van der Waals surface area contributed by atoms with Crippen LogP contribution in [-0.2, 0) is 14.3 Å². The van der Waals surface area contributed by atoms with Gasteiger partial charge in [-0.25, -0.2) is 0 Å². The summed E-state index contributed by atoms with van der Waals surface area (Å²) in [5.74, 6) is 0.433. The molecule has 0 aromatic carbocycles. The van der Waals surface area contributed by atoms with E-state index in [-0.39, 0.29) is 11.8 Å². The van der Waals surface area contributed by atoms with E-state index in [1.807, 2.05) is 0 Å². The number of hydrogen-bond acceptors (Lipinski definition) is 3. The van der Waals surface area contributed by atoms with Crippen molar-refractivity contribution in [3.8, 4) is 0 Å². The van der Waals surface area contributed by atoms with Gasteiger partial charge < -0.3 is 4.74 Å². The first kappa shape index (κ1) is 8.73. The molecule has 2 atom stereocenters. The highest BCUT2D eigenvalue weighted by molar-refractivity contribution is 5.92. The van der Waals surface area contributed by atoms with Gasteiger partial charge in [0.2, 0.25) is 0 Å². The molecular weight excluding hydrogens is 168 g/mol. The third kappa shape index (κ3) is 1.36. The minimum atomic E-state index is -0.714. The van der Waals surface area contributed by atoms with Crippen LogP contribution in [0.5, 0.6) is 0 Å². The van der Waals surface area contributed by atoms with Crippen LogP contribution in [-0.4, -0.2) is 17.4 Å². The summed E-state index contributed by atoms with van der Waals surface area (Å²) in [6.07, 6.45) is 3.28. The summed E-state index contributed by atoms with van der Waals surface area (Å²) in [4.78, 5) is 22.6. The van der Waals surface area contributed by atoms with Gasteiger partial charge in [0.05, 0.1) is 0 Å². The standard InChI is InChI=1S/C10H14O3/c1-7-2-3-8(11)10(6-7)5-4-9(12)13-10/h7H,2-6H2,1H3/t7-,10-/m1/s1. The number of hydrogen-bond donors (Lipinski definition) is 0. The lowest BCUT2D eigenvalue weighted by Crippen LogP contribution is -2.43. The zero-order valence-corrected chi connectivity index (χ0v) is 7.84. The van der Waals surface area contributed by atoms with Gasteiger partial charge in [0, 0.05) is 19.3 Å². The van der Waals surface area contributed by atoms with Crippen LogP contribution >= 0.6 is 0 Å². The summed E-state index contributed by atoms with van der Waals surface area (Å²) in [5, 5.41) is 0. The summed E-state index contributed by atoms with van der Waals surface area (Å²) in [7, 11) is 0. The molecule has 2 rings (SSSR count). The predicted molar refractivity (Wildman–Crippen MR) is 46.1 cm³/mol. The largest absolute Gasteiger partial charge is 0.451 e. The van der Waals surface area contributed by atoms with Crippen LogP contribution in [0.2, 0.25) is 0 Å². The van der Waals surface area contributed by atoms with E-state index in [1.165, 1.54) is 0 Å². The summed E-state index contributed by atoms with van der Waals surface area (Å²) in [6.45, 7) is 2.11. The molecule has 0 bridgehead atoms. The Balaban J connectivity index is 2.19. The lowest BCUT2D eigenvalue weighted by Gasteiger charge is -2.33. The van der Waals surface area contributed by atoms with Crippen molar-refractivity contribution in [1.29, 1.82) is 0 Å². The summed E-state index contributed by atoms with van der Waals surface area (Å²) < 4.78 is 5.18. The van der Waals surface area contributed by atoms with Crippen molar-refractivity contribution in [2.75, 3.05) is 0 Å². The van der Waals surface area contributed by atoms with Crippen molar-refractivity contribution in [1.82, 2.24) is 0 Å². The zero-order valence-electron chi connectivity index (χ0n) is 7.84. The molecule has 72 valence electrons. The van der Waals surface area contributed by atoms with Crippen LogP contribution in [0.4, 0.5) is 0 Å². The number of ether oxygens (including phenoxy) is 1. The molecule has 1 aliphatic heterocycles. The molecule has 1 saturated carbocycles. The molecule has 0 aromatic rings. The fraction of sp³-hybridized carbons (Fsp3) is 0.800. The second-order valence-corrected chi connectivity index (χ2v) is 4.24. The van der Waals surface area contributed by atoms with Crippen LogP contribution in [0.15, 0.2) is 0 Å². The Morgan fingerprint density at radius 1 is 1.38 bits per heavy atom. The molecule has 0 radical (unpaired) electrons. The van der Waals surface area contributed by atoms with E-state index in [4.69, 9.17) is 4.74 Å². The number of carbonyl (C=O) groups is 2.